The van der Waals surface area contributed by atoms with E-state index in [9.17, 15) is 14.4 Å². The number of carbonyl (C=O) groups excluding carboxylic acids is 3. The second-order valence-electron chi connectivity index (χ2n) is 20.9. The number of piperidine rings is 3. The number of rotatable bonds is 26. The van der Waals surface area contributed by atoms with Gasteiger partial charge in [-0.15, -0.1) is 0 Å². The zero-order valence-electron chi connectivity index (χ0n) is 48.3. The normalized spacial score (nSPS) is 16.0. The summed E-state index contributed by atoms with van der Waals surface area (Å²) in [6.07, 6.45) is 14.2. The van der Waals surface area contributed by atoms with Gasteiger partial charge in [0.1, 0.15) is 23.0 Å². The van der Waals surface area contributed by atoms with Gasteiger partial charge >= 0.3 is 0 Å². The Balaban J connectivity index is 0.000000222. The van der Waals surface area contributed by atoms with Gasteiger partial charge in [-0.1, -0.05) is 41.0 Å². The second-order valence-corrected chi connectivity index (χ2v) is 20.9. The van der Waals surface area contributed by atoms with E-state index in [2.05, 4.69) is 53.4 Å². The van der Waals surface area contributed by atoms with Gasteiger partial charge in [0.2, 0.25) is 0 Å². The first kappa shape index (κ1) is 63.9. The van der Waals surface area contributed by atoms with Gasteiger partial charge in [0, 0.05) is 55.8 Å². The summed E-state index contributed by atoms with van der Waals surface area (Å²) in [6.45, 7) is 31.0. The Bertz CT molecular complexity index is 2250. The second kappa shape index (κ2) is 38.1. The third-order valence-electron chi connectivity index (χ3n) is 14.5. The third kappa shape index (κ3) is 27.0. The molecule has 0 aromatic heterocycles. The van der Waals surface area contributed by atoms with Crippen LogP contribution in [0.2, 0.25) is 0 Å². The van der Waals surface area contributed by atoms with Crippen LogP contribution >= 0.6 is 0 Å². The quantitative estimate of drug-likeness (QED) is 0.0439. The monoisotopic (exact) mass is 1060 g/mol. The Kier molecular flexibility index (Phi) is 31.6. The predicted octanol–water partition coefficient (Wildman–Crippen LogP) is 13.0. The summed E-state index contributed by atoms with van der Waals surface area (Å²) >= 11 is 0. The lowest BCUT2D eigenvalue weighted by Gasteiger charge is -2.30. The summed E-state index contributed by atoms with van der Waals surface area (Å²) in [5, 5.41) is 8.66. The summed E-state index contributed by atoms with van der Waals surface area (Å²) in [5.74, 6) is 5.49. The SMILES string of the molecule is CC(=O)c1ccc(OCCCN2CCC(C)CC2)cc1.CC(=O)c1ccc(OCCCN2CCCC(C)C2)cc1.CCC(=O)c1ccc(OCCCN2CCCCC2)cc1.CCN(CC)CCCOc1ccc(C#N)cc1. The van der Waals surface area contributed by atoms with E-state index >= 15 is 0 Å². The zero-order valence-corrected chi connectivity index (χ0v) is 48.3. The maximum Gasteiger partial charge on any atom is 0.162 e. The van der Waals surface area contributed by atoms with Crippen LogP contribution in [-0.4, -0.2) is 142 Å². The fourth-order valence-electron chi connectivity index (χ4n) is 9.55. The Hall–Kier alpha value is -5.58. The van der Waals surface area contributed by atoms with Crippen molar-refractivity contribution < 1.29 is 33.3 Å². The highest BCUT2D eigenvalue weighted by Crippen LogP contribution is 2.20. The van der Waals surface area contributed by atoms with Crippen LogP contribution in [0.4, 0.5) is 0 Å². The third-order valence-corrected chi connectivity index (χ3v) is 14.5. The molecule has 12 nitrogen and oxygen atoms in total. The minimum atomic E-state index is 0.0933. The van der Waals surface area contributed by atoms with Gasteiger partial charge in [-0.2, -0.15) is 5.26 Å². The predicted molar refractivity (Wildman–Crippen MR) is 313 cm³/mol. The van der Waals surface area contributed by atoms with E-state index < -0.39 is 0 Å². The number of carbonyl (C=O) groups is 3. The molecule has 7 rings (SSSR count). The molecular weight excluding hydrogens is 963 g/mol. The molecule has 3 saturated heterocycles. The van der Waals surface area contributed by atoms with E-state index in [-0.39, 0.29) is 17.3 Å². The summed E-state index contributed by atoms with van der Waals surface area (Å²) < 4.78 is 22.8. The van der Waals surface area contributed by atoms with Crippen molar-refractivity contribution in [1.82, 2.24) is 19.6 Å². The van der Waals surface area contributed by atoms with Crippen LogP contribution in [0, 0.1) is 23.2 Å². The number of nitriles is 1. The molecule has 422 valence electrons. The molecule has 0 aliphatic carbocycles. The molecule has 12 heteroatoms. The molecule has 1 atom stereocenters. The van der Waals surface area contributed by atoms with Gasteiger partial charge in [0.05, 0.1) is 38.1 Å². The molecular formula is C65H95N5O7. The number of ketones is 3. The van der Waals surface area contributed by atoms with Gasteiger partial charge in [-0.05, 0) is 233 Å². The van der Waals surface area contributed by atoms with Crippen LogP contribution in [0.3, 0.4) is 0 Å². The molecule has 3 fully saturated rings. The Morgan fingerprint density at radius 2 is 0.909 bits per heavy atom. The molecule has 77 heavy (non-hydrogen) atoms. The summed E-state index contributed by atoms with van der Waals surface area (Å²) in [7, 11) is 0. The van der Waals surface area contributed by atoms with Gasteiger partial charge in [-0.25, -0.2) is 0 Å². The summed E-state index contributed by atoms with van der Waals surface area (Å²) in [6, 6.07) is 31.6. The van der Waals surface area contributed by atoms with Gasteiger partial charge < -0.3 is 38.5 Å². The van der Waals surface area contributed by atoms with Crippen molar-refractivity contribution >= 4 is 17.3 Å². The smallest absolute Gasteiger partial charge is 0.162 e. The number of hydrogen-bond donors (Lipinski definition) is 0. The van der Waals surface area contributed by atoms with Crippen molar-refractivity contribution in [1.29, 1.82) is 5.26 Å². The molecule has 4 aromatic rings. The fourth-order valence-corrected chi connectivity index (χ4v) is 9.55. The Labute approximate surface area is 464 Å². The van der Waals surface area contributed by atoms with Crippen LogP contribution in [-0.2, 0) is 0 Å². The number of nitrogens with zero attached hydrogens (tertiary/aromatic N) is 5. The average molecular weight is 1060 g/mol. The molecule has 3 aliphatic rings. The van der Waals surface area contributed by atoms with E-state index in [0.717, 1.165) is 143 Å². The molecule has 1 unspecified atom stereocenters. The van der Waals surface area contributed by atoms with Crippen molar-refractivity contribution in [2.75, 3.05) is 105 Å². The molecule has 0 bridgehead atoms. The first-order valence-corrected chi connectivity index (χ1v) is 29.1. The summed E-state index contributed by atoms with van der Waals surface area (Å²) in [4.78, 5) is 43.8. The first-order chi connectivity index (χ1) is 37.4. The van der Waals surface area contributed by atoms with Gasteiger partial charge in [0.25, 0.3) is 0 Å². The largest absolute Gasteiger partial charge is 0.494 e. The molecule has 0 saturated carbocycles. The fraction of sp³-hybridized carbons (Fsp3) is 0.569. The topological polar surface area (TPSA) is 125 Å². The maximum absolute atomic E-state index is 11.5. The van der Waals surface area contributed by atoms with Crippen molar-refractivity contribution in [3.8, 4) is 29.1 Å². The lowest BCUT2D eigenvalue weighted by Crippen LogP contribution is -2.35. The number of hydrogen-bond acceptors (Lipinski definition) is 12. The number of ether oxygens (including phenoxy) is 4. The average Bonchev–Trinajstić information content (AvgIpc) is 3.46. The zero-order chi connectivity index (χ0) is 55.5. The highest BCUT2D eigenvalue weighted by atomic mass is 16.5. The molecule has 0 radical (unpaired) electrons. The lowest BCUT2D eigenvalue weighted by molar-refractivity contribution is 0.0984. The van der Waals surface area contributed by atoms with Crippen LogP contribution in [0.15, 0.2) is 97.1 Å². The molecule has 4 aromatic carbocycles. The van der Waals surface area contributed by atoms with Crippen molar-refractivity contribution in [3.05, 3.63) is 119 Å². The highest BCUT2D eigenvalue weighted by molar-refractivity contribution is 5.96. The van der Waals surface area contributed by atoms with E-state index in [1.54, 1.807) is 26.0 Å². The molecule has 3 aliphatic heterocycles. The van der Waals surface area contributed by atoms with Crippen molar-refractivity contribution in [2.24, 2.45) is 11.8 Å². The molecule has 0 spiro atoms. The minimum Gasteiger partial charge on any atom is -0.494 e. The van der Waals surface area contributed by atoms with E-state index in [4.69, 9.17) is 24.2 Å². The minimum absolute atomic E-state index is 0.0933. The highest BCUT2D eigenvalue weighted by Gasteiger charge is 2.17. The first-order valence-electron chi connectivity index (χ1n) is 29.1. The van der Waals surface area contributed by atoms with Crippen molar-refractivity contribution in [3.63, 3.8) is 0 Å². The lowest BCUT2D eigenvalue weighted by atomic mass is 9.99. The maximum atomic E-state index is 11.5. The Morgan fingerprint density at radius 3 is 1.32 bits per heavy atom. The van der Waals surface area contributed by atoms with Crippen molar-refractivity contribution in [2.45, 2.75) is 126 Å². The number of benzene rings is 4. The van der Waals surface area contributed by atoms with Crippen LogP contribution in [0.25, 0.3) is 0 Å². The van der Waals surface area contributed by atoms with E-state index in [1.807, 2.05) is 91.9 Å². The van der Waals surface area contributed by atoms with E-state index in [0.29, 0.717) is 12.0 Å². The van der Waals surface area contributed by atoms with Crippen LogP contribution in [0.5, 0.6) is 23.0 Å². The van der Waals surface area contributed by atoms with Gasteiger partial charge in [0.15, 0.2) is 17.3 Å². The Morgan fingerprint density at radius 1 is 0.506 bits per heavy atom. The standard InChI is InChI=1S/3C17H25NO2.C14H20N2O/c1-14-8-11-18(12-9-14)10-3-13-20-17-6-4-16(5-7-17)15(2)19;1-14-5-3-10-18(13-14)11-4-12-20-17-8-6-16(7-9-17)15(2)19;1-2-17(19)15-7-9-16(10-8-15)20-14-6-13-18-11-4-3-5-12-18;1-3-16(4-2)10-5-11-17-14-8-6-13(12-15)7-9-14/h4-7,14H,3,8-13H2,1-2H3;6-9,14H,3-5,10-13H2,1-2H3;7-10H,2-6,11-14H2,1H3;6-9H,3-5,10-11H2,1-2H3. The van der Waals surface area contributed by atoms with Gasteiger partial charge in [-0.3, -0.25) is 14.4 Å². The van der Waals surface area contributed by atoms with E-state index in [1.165, 1.54) is 84.2 Å². The molecule has 3 heterocycles. The van der Waals surface area contributed by atoms with Crippen LogP contribution in [0.1, 0.15) is 162 Å². The molecule has 0 N–H and O–H groups in total. The number of Topliss-reactive ketones (excluding diaryl/α,β-unsaturated/α-hetero) is 3. The van der Waals surface area contributed by atoms with Crippen LogP contribution < -0.4 is 18.9 Å². The summed E-state index contributed by atoms with van der Waals surface area (Å²) in [5.41, 5.74) is 2.91. The molecule has 0 amide bonds. The number of likely N-dealkylation sites (tertiary alicyclic amines) is 3.